The predicted octanol–water partition coefficient (Wildman–Crippen LogP) is 3.20. The second kappa shape index (κ2) is 8.40. The van der Waals surface area contributed by atoms with E-state index in [1.54, 1.807) is 7.11 Å². The maximum absolute atomic E-state index is 10.4. The lowest BCUT2D eigenvalue weighted by molar-refractivity contribution is 0.0721. The number of hydrogen-bond acceptors (Lipinski definition) is 3. The van der Waals surface area contributed by atoms with Crippen molar-refractivity contribution in [2.45, 2.75) is 45.8 Å². The molecule has 0 heterocycles. The highest BCUT2D eigenvalue weighted by molar-refractivity contribution is 5.26. The number of hydrogen-bond donors (Lipinski definition) is 1. The Morgan fingerprint density at radius 2 is 1.60 bits per heavy atom. The molecule has 0 spiro atoms. The normalized spacial score (nSPS) is 13.4. The highest BCUT2D eigenvalue weighted by atomic mass is 16.5. The molecule has 1 N–H and O–H groups in total. The molecule has 3 heteroatoms. The molecule has 1 unspecified atom stereocenters. The summed E-state index contributed by atoms with van der Waals surface area (Å²) in [5.41, 5.74) is 2.29. The maximum Gasteiger partial charge on any atom is 0.0917 e. The lowest BCUT2D eigenvalue weighted by Gasteiger charge is -2.28. The standard InChI is InChI=1S/C17H29NO2/c1-13(2)15-6-8-16(9-7-15)17(19)12-18(14(3)4)10-11-20-5/h6-9,13-14,17,19H,10-12H2,1-5H3. The van der Waals surface area contributed by atoms with Crippen LogP contribution in [0.5, 0.6) is 0 Å². The van der Waals surface area contributed by atoms with Crippen LogP contribution in [0.3, 0.4) is 0 Å². The highest BCUT2D eigenvalue weighted by Crippen LogP contribution is 2.20. The van der Waals surface area contributed by atoms with E-state index < -0.39 is 6.10 Å². The van der Waals surface area contributed by atoms with Crippen molar-refractivity contribution in [3.05, 3.63) is 35.4 Å². The Hall–Kier alpha value is -0.900. The first-order chi connectivity index (χ1) is 9.45. The molecule has 1 aromatic rings. The summed E-state index contributed by atoms with van der Waals surface area (Å²) in [7, 11) is 1.71. The quantitative estimate of drug-likeness (QED) is 0.793. The van der Waals surface area contributed by atoms with E-state index in [2.05, 4.69) is 44.7 Å². The van der Waals surface area contributed by atoms with Crippen molar-refractivity contribution in [3.8, 4) is 0 Å². The number of ether oxygens (including phenoxy) is 1. The maximum atomic E-state index is 10.4. The van der Waals surface area contributed by atoms with Crippen molar-refractivity contribution in [3.63, 3.8) is 0 Å². The fourth-order valence-electron chi connectivity index (χ4n) is 2.20. The molecule has 20 heavy (non-hydrogen) atoms. The summed E-state index contributed by atoms with van der Waals surface area (Å²) in [4.78, 5) is 2.24. The molecule has 0 aliphatic heterocycles. The fourth-order valence-corrected chi connectivity index (χ4v) is 2.20. The van der Waals surface area contributed by atoms with Gasteiger partial charge in [0.1, 0.15) is 0 Å². The van der Waals surface area contributed by atoms with Gasteiger partial charge in [0.15, 0.2) is 0 Å². The predicted molar refractivity (Wildman–Crippen MR) is 84.1 cm³/mol. The van der Waals surface area contributed by atoms with Gasteiger partial charge in [0.25, 0.3) is 0 Å². The molecule has 0 aromatic heterocycles. The summed E-state index contributed by atoms with van der Waals surface area (Å²) in [6.45, 7) is 10.8. The van der Waals surface area contributed by atoms with Crippen LogP contribution in [0.2, 0.25) is 0 Å². The Bertz CT molecular complexity index is 373. The van der Waals surface area contributed by atoms with E-state index in [4.69, 9.17) is 4.74 Å². The van der Waals surface area contributed by atoms with Crippen molar-refractivity contribution in [2.75, 3.05) is 26.8 Å². The van der Waals surface area contributed by atoms with E-state index in [1.165, 1.54) is 5.56 Å². The molecule has 0 bridgehead atoms. The van der Waals surface area contributed by atoms with Gasteiger partial charge in [-0.15, -0.1) is 0 Å². The molecule has 1 aromatic carbocycles. The van der Waals surface area contributed by atoms with Gasteiger partial charge in [-0.2, -0.15) is 0 Å². The Balaban J connectivity index is 2.65. The zero-order valence-electron chi connectivity index (χ0n) is 13.5. The van der Waals surface area contributed by atoms with E-state index in [0.717, 1.165) is 12.1 Å². The number of aliphatic hydroxyl groups excluding tert-OH is 1. The van der Waals surface area contributed by atoms with Crippen LogP contribution in [0.1, 0.15) is 50.8 Å². The summed E-state index contributed by atoms with van der Waals surface area (Å²) in [5, 5.41) is 10.4. The van der Waals surface area contributed by atoms with E-state index in [1.807, 2.05) is 12.1 Å². The van der Waals surface area contributed by atoms with Crippen molar-refractivity contribution < 1.29 is 9.84 Å². The number of methoxy groups -OCH3 is 1. The minimum atomic E-state index is -0.449. The van der Waals surface area contributed by atoms with Crippen LogP contribution in [0.15, 0.2) is 24.3 Å². The lowest BCUT2D eigenvalue weighted by atomic mass is 10.00. The Morgan fingerprint density at radius 1 is 1.05 bits per heavy atom. The third-order valence-corrected chi connectivity index (χ3v) is 3.71. The third-order valence-electron chi connectivity index (χ3n) is 3.71. The van der Waals surface area contributed by atoms with Gasteiger partial charge < -0.3 is 9.84 Å². The van der Waals surface area contributed by atoms with Gasteiger partial charge >= 0.3 is 0 Å². The zero-order valence-corrected chi connectivity index (χ0v) is 13.5. The molecule has 0 saturated heterocycles. The number of rotatable bonds is 8. The van der Waals surface area contributed by atoms with Crippen molar-refractivity contribution in [2.24, 2.45) is 0 Å². The van der Waals surface area contributed by atoms with Gasteiger partial charge in [-0.3, -0.25) is 4.90 Å². The van der Waals surface area contributed by atoms with Gasteiger partial charge in [-0.25, -0.2) is 0 Å². The molecule has 0 aliphatic carbocycles. The number of nitrogens with zero attached hydrogens (tertiary/aromatic N) is 1. The summed E-state index contributed by atoms with van der Waals surface area (Å²) < 4.78 is 5.13. The molecule has 0 fully saturated rings. The lowest BCUT2D eigenvalue weighted by Crippen LogP contribution is -2.37. The largest absolute Gasteiger partial charge is 0.387 e. The minimum absolute atomic E-state index is 0.398. The van der Waals surface area contributed by atoms with Gasteiger partial charge in [-0.05, 0) is 30.9 Å². The third kappa shape index (κ3) is 5.23. The molecule has 1 atom stereocenters. The smallest absolute Gasteiger partial charge is 0.0917 e. The summed E-state index contributed by atoms with van der Waals surface area (Å²) in [5.74, 6) is 0.523. The van der Waals surface area contributed by atoms with Crippen LogP contribution in [-0.4, -0.2) is 42.9 Å². The van der Waals surface area contributed by atoms with Gasteiger partial charge in [0.2, 0.25) is 0 Å². The van der Waals surface area contributed by atoms with E-state index in [9.17, 15) is 5.11 Å². The van der Waals surface area contributed by atoms with Gasteiger partial charge in [0, 0.05) is 26.2 Å². The van der Waals surface area contributed by atoms with Crippen LogP contribution >= 0.6 is 0 Å². The van der Waals surface area contributed by atoms with Crippen LogP contribution in [0.25, 0.3) is 0 Å². The van der Waals surface area contributed by atoms with E-state index in [-0.39, 0.29) is 0 Å². The average molecular weight is 279 g/mol. The summed E-state index contributed by atoms with van der Waals surface area (Å²) in [6.07, 6.45) is -0.449. The molecule has 0 amide bonds. The van der Waals surface area contributed by atoms with Gasteiger partial charge in [-0.1, -0.05) is 38.1 Å². The molecule has 0 radical (unpaired) electrons. The minimum Gasteiger partial charge on any atom is -0.387 e. The van der Waals surface area contributed by atoms with Crippen LogP contribution < -0.4 is 0 Å². The highest BCUT2D eigenvalue weighted by Gasteiger charge is 2.16. The average Bonchev–Trinajstić information content (AvgIpc) is 2.42. The SMILES string of the molecule is COCCN(CC(O)c1ccc(C(C)C)cc1)C(C)C. The van der Waals surface area contributed by atoms with Gasteiger partial charge in [0.05, 0.1) is 12.7 Å². The first kappa shape index (κ1) is 17.2. The fraction of sp³-hybridized carbons (Fsp3) is 0.647. The monoisotopic (exact) mass is 279 g/mol. The second-order valence-corrected chi connectivity index (χ2v) is 5.92. The van der Waals surface area contributed by atoms with E-state index in [0.29, 0.717) is 25.1 Å². The van der Waals surface area contributed by atoms with Crippen LogP contribution in [0, 0.1) is 0 Å². The van der Waals surface area contributed by atoms with Crippen molar-refractivity contribution in [1.29, 1.82) is 0 Å². The van der Waals surface area contributed by atoms with Crippen molar-refractivity contribution in [1.82, 2.24) is 4.90 Å². The summed E-state index contributed by atoms with van der Waals surface area (Å²) in [6, 6.07) is 8.69. The first-order valence-electron chi connectivity index (χ1n) is 7.46. The molecule has 3 nitrogen and oxygen atoms in total. The molecule has 1 rings (SSSR count). The number of aliphatic hydroxyl groups is 1. The van der Waals surface area contributed by atoms with Crippen molar-refractivity contribution >= 4 is 0 Å². The number of benzene rings is 1. The molecular formula is C17H29NO2. The second-order valence-electron chi connectivity index (χ2n) is 5.92. The first-order valence-corrected chi connectivity index (χ1v) is 7.46. The Morgan fingerprint density at radius 3 is 2.05 bits per heavy atom. The zero-order chi connectivity index (χ0) is 15.1. The van der Waals surface area contributed by atoms with Crippen LogP contribution in [0.4, 0.5) is 0 Å². The molecule has 0 saturated carbocycles. The Labute approximate surface area is 123 Å². The summed E-state index contributed by atoms with van der Waals surface area (Å²) >= 11 is 0. The Kier molecular flexibility index (Phi) is 7.20. The van der Waals surface area contributed by atoms with Crippen LogP contribution in [-0.2, 0) is 4.74 Å². The van der Waals surface area contributed by atoms with E-state index >= 15 is 0 Å². The topological polar surface area (TPSA) is 32.7 Å². The molecular weight excluding hydrogens is 250 g/mol. The molecule has 114 valence electrons. The molecule has 0 aliphatic rings.